The van der Waals surface area contributed by atoms with Gasteiger partial charge in [-0.05, 0) is 37.7 Å². The van der Waals surface area contributed by atoms with Crippen LogP contribution in [-0.2, 0) is 0 Å². The molecule has 9 heteroatoms. The van der Waals surface area contributed by atoms with E-state index in [-0.39, 0.29) is 11.7 Å². The first-order chi connectivity index (χ1) is 14.6. The van der Waals surface area contributed by atoms with Gasteiger partial charge in [0, 0.05) is 24.1 Å². The van der Waals surface area contributed by atoms with Crippen LogP contribution in [-0.4, -0.2) is 58.5 Å². The number of anilines is 2. The average Bonchev–Trinajstić information content (AvgIpc) is 3.22. The zero-order valence-electron chi connectivity index (χ0n) is 16.8. The van der Waals surface area contributed by atoms with Crippen molar-refractivity contribution in [2.75, 3.05) is 32.6 Å². The van der Waals surface area contributed by atoms with Crippen molar-refractivity contribution in [3.8, 4) is 17.0 Å². The van der Waals surface area contributed by atoms with Crippen LogP contribution in [0.15, 0.2) is 36.7 Å². The van der Waals surface area contributed by atoms with Crippen LogP contribution in [0.2, 0.25) is 0 Å². The zero-order chi connectivity index (χ0) is 21.1. The number of nitrogens with one attached hydrogen (secondary N) is 2. The van der Waals surface area contributed by atoms with E-state index >= 15 is 0 Å². The lowest BCUT2D eigenvalue weighted by atomic mass is 9.87. The second-order valence-corrected chi connectivity index (χ2v) is 7.30. The molecule has 30 heavy (non-hydrogen) atoms. The van der Waals surface area contributed by atoms with E-state index in [4.69, 9.17) is 11.3 Å². The predicted octanol–water partition coefficient (Wildman–Crippen LogP) is 3.93. The molecule has 4 rings (SSSR count). The summed E-state index contributed by atoms with van der Waals surface area (Å²) in [7, 11) is 3.55. The van der Waals surface area contributed by atoms with Crippen LogP contribution in [0, 0.1) is 6.57 Å². The number of hydrogen-bond acceptors (Lipinski definition) is 6. The summed E-state index contributed by atoms with van der Waals surface area (Å²) in [6.45, 7) is 8.25. The first-order valence-electron chi connectivity index (χ1n) is 9.60. The van der Waals surface area contributed by atoms with Crippen LogP contribution in [0.1, 0.15) is 17.9 Å². The SMILES string of the molecule is [C-]#[N+]c1cnc(Nc2cc(-c3ccc([C@H]4CCN(C)C[C@@H]4F)cc3OC)[nH]n2)cn1. The Morgan fingerprint density at radius 2 is 2.13 bits per heavy atom. The minimum Gasteiger partial charge on any atom is -0.496 e. The van der Waals surface area contributed by atoms with Crippen LogP contribution in [0.3, 0.4) is 0 Å². The lowest BCUT2D eigenvalue weighted by Crippen LogP contribution is -2.38. The molecule has 2 aromatic heterocycles. The molecule has 3 aromatic rings. The van der Waals surface area contributed by atoms with Crippen molar-refractivity contribution in [2.45, 2.75) is 18.5 Å². The van der Waals surface area contributed by atoms with Crippen molar-refractivity contribution < 1.29 is 9.13 Å². The summed E-state index contributed by atoms with van der Waals surface area (Å²) in [6.07, 6.45) is 2.77. The third kappa shape index (κ3) is 4.09. The van der Waals surface area contributed by atoms with E-state index in [1.807, 2.05) is 36.2 Å². The van der Waals surface area contributed by atoms with E-state index in [0.29, 0.717) is 23.9 Å². The maximum atomic E-state index is 14.6. The van der Waals surface area contributed by atoms with Gasteiger partial charge < -0.3 is 19.8 Å². The number of hydrogen-bond donors (Lipinski definition) is 2. The second-order valence-electron chi connectivity index (χ2n) is 7.30. The van der Waals surface area contributed by atoms with Gasteiger partial charge in [0.1, 0.15) is 11.9 Å². The molecule has 0 saturated carbocycles. The third-order valence-electron chi connectivity index (χ3n) is 5.28. The second kappa shape index (κ2) is 8.47. The van der Waals surface area contributed by atoms with Gasteiger partial charge in [-0.1, -0.05) is 12.6 Å². The Bertz CT molecular complexity index is 1060. The molecular weight excluding hydrogens is 385 g/mol. The molecule has 1 aromatic carbocycles. The Labute approximate surface area is 173 Å². The number of H-pyrrole nitrogens is 1. The summed E-state index contributed by atoms with van der Waals surface area (Å²) >= 11 is 0. The molecule has 0 bridgehead atoms. The Kier molecular flexibility index (Phi) is 5.59. The third-order valence-corrected chi connectivity index (χ3v) is 5.28. The smallest absolute Gasteiger partial charge is 0.288 e. The molecule has 0 unspecified atom stereocenters. The minimum absolute atomic E-state index is 0.125. The van der Waals surface area contributed by atoms with E-state index < -0.39 is 6.17 Å². The summed E-state index contributed by atoms with van der Waals surface area (Å²) in [5.74, 6) is 1.81. The Morgan fingerprint density at radius 1 is 1.27 bits per heavy atom. The highest BCUT2D eigenvalue weighted by Crippen LogP contribution is 2.36. The van der Waals surface area contributed by atoms with Crippen molar-refractivity contribution in [1.82, 2.24) is 25.1 Å². The minimum atomic E-state index is -0.891. The number of ether oxygens (including phenoxy) is 1. The van der Waals surface area contributed by atoms with Gasteiger partial charge in [-0.25, -0.2) is 9.37 Å². The number of rotatable bonds is 5. The fourth-order valence-corrected chi connectivity index (χ4v) is 3.69. The standard InChI is InChI=1S/C21H22FN7O/c1-23-20-10-25-21(11-24-20)26-19-9-17(27-28-19)15-5-4-13(8-18(15)30-3)14-6-7-29(2)12-16(14)22/h4-5,8-11,14,16H,6-7,12H2,2-3H3,(H2,25,26,27,28)/t14-,16+/m1/s1. The van der Waals surface area contributed by atoms with E-state index in [1.165, 1.54) is 12.4 Å². The van der Waals surface area contributed by atoms with Crippen LogP contribution < -0.4 is 10.1 Å². The zero-order valence-corrected chi connectivity index (χ0v) is 16.8. The fourth-order valence-electron chi connectivity index (χ4n) is 3.69. The quantitative estimate of drug-likeness (QED) is 0.624. The average molecular weight is 407 g/mol. The van der Waals surface area contributed by atoms with Crippen LogP contribution >= 0.6 is 0 Å². The maximum absolute atomic E-state index is 14.6. The van der Waals surface area contributed by atoms with Gasteiger partial charge in [-0.3, -0.25) is 5.10 Å². The summed E-state index contributed by atoms with van der Waals surface area (Å²) in [4.78, 5) is 13.3. The molecule has 8 nitrogen and oxygen atoms in total. The summed E-state index contributed by atoms with van der Waals surface area (Å²) < 4.78 is 20.2. The van der Waals surface area contributed by atoms with Crippen molar-refractivity contribution in [1.29, 1.82) is 0 Å². The number of aromatic amines is 1. The van der Waals surface area contributed by atoms with Crippen LogP contribution in [0.5, 0.6) is 5.75 Å². The molecular formula is C21H22FN7O. The highest BCUT2D eigenvalue weighted by molar-refractivity contribution is 5.71. The normalized spacial score (nSPS) is 19.3. The monoisotopic (exact) mass is 407 g/mol. The number of piperidine rings is 1. The molecule has 1 aliphatic rings. The molecule has 0 radical (unpaired) electrons. The molecule has 1 aliphatic heterocycles. The number of benzene rings is 1. The van der Waals surface area contributed by atoms with Gasteiger partial charge in [0.15, 0.2) is 17.8 Å². The summed E-state index contributed by atoms with van der Waals surface area (Å²) in [6, 6.07) is 7.64. The number of aromatic nitrogens is 4. The van der Waals surface area contributed by atoms with E-state index in [2.05, 4.69) is 30.3 Å². The van der Waals surface area contributed by atoms with Gasteiger partial charge in [0.25, 0.3) is 5.82 Å². The Hall–Kier alpha value is -3.51. The van der Waals surface area contributed by atoms with Crippen molar-refractivity contribution in [2.24, 2.45) is 0 Å². The van der Waals surface area contributed by atoms with Crippen LogP contribution in [0.4, 0.5) is 21.8 Å². The number of methoxy groups -OCH3 is 1. The first kappa shape index (κ1) is 19.8. The van der Waals surface area contributed by atoms with E-state index in [9.17, 15) is 4.39 Å². The Morgan fingerprint density at radius 3 is 2.83 bits per heavy atom. The fraction of sp³-hybridized carbons (Fsp3) is 0.333. The molecule has 1 fully saturated rings. The summed E-state index contributed by atoms with van der Waals surface area (Å²) in [5.41, 5.74) is 2.54. The molecule has 0 aliphatic carbocycles. The highest BCUT2D eigenvalue weighted by atomic mass is 19.1. The van der Waals surface area contributed by atoms with Gasteiger partial charge in [-0.15, -0.1) is 4.98 Å². The topological polar surface area (TPSA) is 83.3 Å². The molecule has 0 spiro atoms. The highest BCUT2D eigenvalue weighted by Gasteiger charge is 2.29. The van der Waals surface area contributed by atoms with E-state index in [0.717, 1.165) is 29.8 Å². The summed E-state index contributed by atoms with van der Waals surface area (Å²) in [5, 5.41) is 10.3. The Balaban J connectivity index is 1.54. The molecule has 0 amide bonds. The number of alkyl halides is 1. The largest absolute Gasteiger partial charge is 0.496 e. The molecule has 1 saturated heterocycles. The molecule has 2 atom stereocenters. The van der Waals surface area contributed by atoms with Gasteiger partial charge in [-0.2, -0.15) is 5.10 Å². The van der Waals surface area contributed by atoms with Crippen molar-refractivity contribution >= 4 is 17.5 Å². The lowest BCUT2D eigenvalue weighted by molar-refractivity contribution is 0.139. The van der Waals surface area contributed by atoms with Crippen molar-refractivity contribution in [3.63, 3.8) is 0 Å². The lowest BCUT2D eigenvalue weighted by Gasteiger charge is -2.32. The number of likely N-dealkylation sites (tertiary alicyclic amines) is 1. The van der Waals surface area contributed by atoms with Crippen LogP contribution in [0.25, 0.3) is 16.1 Å². The molecule has 3 heterocycles. The van der Waals surface area contributed by atoms with Crippen molar-refractivity contribution in [3.05, 3.63) is 53.6 Å². The first-order valence-corrected chi connectivity index (χ1v) is 9.60. The van der Waals surface area contributed by atoms with E-state index in [1.54, 1.807) is 7.11 Å². The van der Waals surface area contributed by atoms with Gasteiger partial charge in [0.2, 0.25) is 0 Å². The van der Waals surface area contributed by atoms with Gasteiger partial charge >= 0.3 is 0 Å². The molecule has 2 N–H and O–H groups in total. The maximum Gasteiger partial charge on any atom is 0.288 e. The number of halogens is 1. The van der Waals surface area contributed by atoms with Gasteiger partial charge in [0.05, 0.1) is 19.0 Å². The predicted molar refractivity (Wildman–Crippen MR) is 112 cm³/mol. The molecule has 154 valence electrons. The number of nitrogens with zero attached hydrogens (tertiary/aromatic N) is 5.